The minimum atomic E-state index is -4.69. The van der Waals surface area contributed by atoms with Crippen LogP contribution in [0.3, 0.4) is 0 Å². The molecule has 3 aliphatic heterocycles. The van der Waals surface area contributed by atoms with Crippen LogP contribution < -0.4 is 9.64 Å². The van der Waals surface area contributed by atoms with Crippen molar-refractivity contribution in [2.45, 2.75) is 18.2 Å². The lowest BCUT2D eigenvalue weighted by Crippen LogP contribution is -2.45. The molecule has 1 aromatic heterocycles. The molecule has 2 amide bonds. The fourth-order valence-corrected chi connectivity index (χ4v) is 4.36. The SMILES string of the molecule is CN1C[C@@H](c2ccc(-c3ccc4c(c3)OC[C@H]3[C@H](COP(=O)(O)O)OC(=O)N43)cn2)OC1=O. The van der Waals surface area contributed by atoms with E-state index in [4.69, 9.17) is 24.0 Å². The van der Waals surface area contributed by atoms with Gasteiger partial charge in [0.1, 0.15) is 18.4 Å². The quantitative estimate of drug-likeness (QED) is 0.613. The van der Waals surface area contributed by atoms with E-state index in [1.807, 2.05) is 6.07 Å². The molecule has 0 bridgehead atoms. The molecule has 12 nitrogen and oxygen atoms in total. The van der Waals surface area contributed by atoms with Gasteiger partial charge in [0.15, 0.2) is 12.2 Å². The third-order valence-electron chi connectivity index (χ3n) is 5.69. The lowest BCUT2D eigenvalue weighted by atomic mass is 10.0. The topological polar surface area (TPSA) is 148 Å². The number of nitrogens with zero attached hydrogens (tertiary/aromatic N) is 3. The Morgan fingerprint density at radius 3 is 2.61 bits per heavy atom. The molecule has 4 heterocycles. The summed E-state index contributed by atoms with van der Waals surface area (Å²) in [7, 11) is -3.03. The molecule has 0 radical (unpaired) electrons. The fourth-order valence-electron chi connectivity index (χ4n) is 4.02. The number of aromatic nitrogens is 1. The lowest BCUT2D eigenvalue weighted by Gasteiger charge is -2.31. The van der Waals surface area contributed by atoms with Crippen molar-refractivity contribution in [2.24, 2.45) is 0 Å². The molecular formula is C20H20N3O9P. The number of likely N-dealkylation sites (N-methyl/N-ethyl adjacent to an activating group) is 1. The molecule has 2 fully saturated rings. The Balaban J connectivity index is 1.34. The summed E-state index contributed by atoms with van der Waals surface area (Å²) in [6.45, 7) is 0.0678. The number of hydrogen-bond acceptors (Lipinski definition) is 8. The lowest BCUT2D eigenvalue weighted by molar-refractivity contribution is 0.0676. The zero-order chi connectivity index (χ0) is 23.3. The predicted molar refractivity (Wildman–Crippen MR) is 112 cm³/mol. The number of fused-ring (bicyclic) bond motifs is 3. The number of amides is 2. The maximum atomic E-state index is 12.4. The Morgan fingerprint density at radius 1 is 1.15 bits per heavy atom. The van der Waals surface area contributed by atoms with Crippen LogP contribution in [0.5, 0.6) is 5.75 Å². The van der Waals surface area contributed by atoms with E-state index in [1.54, 1.807) is 37.5 Å². The molecule has 5 rings (SSSR count). The minimum absolute atomic E-state index is 0.0785. The van der Waals surface area contributed by atoms with Gasteiger partial charge >= 0.3 is 20.0 Å². The molecule has 13 heteroatoms. The third kappa shape index (κ3) is 4.13. The summed E-state index contributed by atoms with van der Waals surface area (Å²) >= 11 is 0. The maximum Gasteiger partial charge on any atom is 0.469 e. The smallest absolute Gasteiger partial charge is 0.469 e. The van der Waals surface area contributed by atoms with Gasteiger partial charge in [-0.25, -0.2) is 14.2 Å². The van der Waals surface area contributed by atoms with Crippen LogP contribution in [0, 0.1) is 0 Å². The molecule has 3 aliphatic rings. The number of pyridine rings is 1. The highest BCUT2D eigenvalue weighted by Crippen LogP contribution is 2.42. The van der Waals surface area contributed by atoms with Gasteiger partial charge in [0.05, 0.1) is 24.5 Å². The molecule has 174 valence electrons. The van der Waals surface area contributed by atoms with E-state index in [9.17, 15) is 14.2 Å². The van der Waals surface area contributed by atoms with Gasteiger partial charge in [0.2, 0.25) is 0 Å². The van der Waals surface area contributed by atoms with E-state index in [0.717, 1.165) is 11.1 Å². The Kier molecular flexibility index (Phi) is 5.25. The number of cyclic esters (lactones) is 2. The third-order valence-corrected chi connectivity index (χ3v) is 6.18. The van der Waals surface area contributed by atoms with Crippen molar-refractivity contribution in [3.05, 3.63) is 42.2 Å². The first-order valence-electron chi connectivity index (χ1n) is 10.0. The number of phosphoric ester groups is 1. The summed E-state index contributed by atoms with van der Waals surface area (Å²) in [6, 6.07) is 8.38. The maximum absolute atomic E-state index is 12.4. The molecule has 0 aliphatic carbocycles. The van der Waals surface area contributed by atoms with Gasteiger partial charge in [-0.05, 0) is 23.8 Å². The number of anilines is 1. The van der Waals surface area contributed by atoms with Gasteiger partial charge in [0.25, 0.3) is 0 Å². The first-order valence-corrected chi connectivity index (χ1v) is 11.6. The van der Waals surface area contributed by atoms with E-state index >= 15 is 0 Å². The first-order chi connectivity index (χ1) is 15.7. The molecule has 0 unspecified atom stereocenters. The summed E-state index contributed by atoms with van der Waals surface area (Å²) in [5.41, 5.74) is 2.75. The molecule has 1 aromatic carbocycles. The van der Waals surface area contributed by atoms with Crippen molar-refractivity contribution in [3.8, 4) is 16.9 Å². The molecule has 2 aromatic rings. The van der Waals surface area contributed by atoms with Gasteiger partial charge in [-0.3, -0.25) is 14.4 Å². The van der Waals surface area contributed by atoms with Crippen LogP contribution in [0.15, 0.2) is 36.5 Å². The average Bonchev–Trinajstić information content (AvgIpc) is 3.30. The van der Waals surface area contributed by atoms with Gasteiger partial charge in [-0.1, -0.05) is 12.1 Å². The van der Waals surface area contributed by atoms with Crippen molar-refractivity contribution >= 4 is 25.7 Å². The van der Waals surface area contributed by atoms with Crippen LogP contribution >= 0.6 is 7.82 Å². The number of ether oxygens (including phenoxy) is 3. The van der Waals surface area contributed by atoms with Crippen LogP contribution in [-0.4, -0.2) is 70.8 Å². The van der Waals surface area contributed by atoms with E-state index in [1.165, 1.54) is 9.80 Å². The second-order valence-electron chi connectivity index (χ2n) is 7.86. The van der Waals surface area contributed by atoms with E-state index in [-0.39, 0.29) is 12.7 Å². The number of carbonyl (C=O) groups is 2. The standard InChI is InChI=1S/C20H20N3O9P/c1-22-8-17(31-19(22)24)13-4-2-12(7-21-13)11-3-5-14-16(6-11)29-9-15-18(10-30-33(26,27)28)32-20(25)23(14)15/h2-7,15,17-18H,8-10H2,1H3,(H2,26,27,28)/t15-,17-,18-/m0/s1. The first kappa shape index (κ1) is 21.7. The second-order valence-corrected chi connectivity index (χ2v) is 9.10. The highest BCUT2D eigenvalue weighted by molar-refractivity contribution is 7.46. The number of carbonyl (C=O) groups excluding carboxylic acids is 2. The van der Waals surface area contributed by atoms with Crippen molar-refractivity contribution in [1.82, 2.24) is 9.88 Å². The number of hydrogen-bond donors (Lipinski definition) is 2. The summed E-state index contributed by atoms with van der Waals surface area (Å²) in [5, 5.41) is 0. The molecule has 0 spiro atoms. The normalized spacial score (nSPS) is 24.2. The van der Waals surface area contributed by atoms with Gasteiger partial charge < -0.3 is 28.9 Å². The van der Waals surface area contributed by atoms with Gasteiger partial charge in [0, 0.05) is 18.8 Å². The van der Waals surface area contributed by atoms with Crippen LogP contribution in [0.2, 0.25) is 0 Å². The van der Waals surface area contributed by atoms with E-state index < -0.39 is 38.8 Å². The van der Waals surface area contributed by atoms with E-state index in [2.05, 4.69) is 9.51 Å². The molecule has 3 atom stereocenters. The fraction of sp³-hybridized carbons (Fsp3) is 0.350. The molecule has 33 heavy (non-hydrogen) atoms. The predicted octanol–water partition coefficient (Wildman–Crippen LogP) is 2.07. The number of phosphoric acid groups is 1. The molecule has 2 N–H and O–H groups in total. The van der Waals surface area contributed by atoms with Gasteiger partial charge in [-0.2, -0.15) is 0 Å². The van der Waals surface area contributed by atoms with Crippen molar-refractivity contribution < 1.29 is 42.7 Å². The minimum Gasteiger partial charge on any atom is -0.489 e. The highest BCUT2D eigenvalue weighted by atomic mass is 31.2. The summed E-state index contributed by atoms with van der Waals surface area (Å²) in [4.78, 5) is 49.1. The molecular weight excluding hydrogens is 457 g/mol. The monoisotopic (exact) mass is 477 g/mol. The van der Waals surface area contributed by atoms with Crippen LogP contribution in [0.1, 0.15) is 11.8 Å². The highest BCUT2D eigenvalue weighted by Gasteiger charge is 2.47. The number of rotatable bonds is 5. The second kappa shape index (κ2) is 7.99. The van der Waals surface area contributed by atoms with Crippen molar-refractivity contribution in [3.63, 3.8) is 0 Å². The van der Waals surface area contributed by atoms with Crippen molar-refractivity contribution in [1.29, 1.82) is 0 Å². The summed E-state index contributed by atoms with van der Waals surface area (Å²) in [5.74, 6) is 0.465. The van der Waals surface area contributed by atoms with Crippen LogP contribution in [0.4, 0.5) is 15.3 Å². The van der Waals surface area contributed by atoms with E-state index in [0.29, 0.717) is 23.7 Å². The summed E-state index contributed by atoms with van der Waals surface area (Å²) in [6.07, 6.45) is -0.637. The van der Waals surface area contributed by atoms with Gasteiger partial charge in [-0.15, -0.1) is 0 Å². The average molecular weight is 477 g/mol. The van der Waals surface area contributed by atoms with Crippen LogP contribution in [-0.2, 0) is 18.6 Å². The summed E-state index contributed by atoms with van der Waals surface area (Å²) < 4.78 is 31.8. The Hall–Kier alpha value is -3.18. The molecule has 0 saturated carbocycles. The largest absolute Gasteiger partial charge is 0.489 e. The zero-order valence-corrected chi connectivity index (χ0v) is 18.3. The Morgan fingerprint density at radius 2 is 1.94 bits per heavy atom. The van der Waals surface area contributed by atoms with Crippen LogP contribution in [0.25, 0.3) is 11.1 Å². The van der Waals surface area contributed by atoms with Crippen molar-refractivity contribution in [2.75, 3.05) is 31.7 Å². The number of benzene rings is 1. The Labute approximate surface area is 187 Å². The molecule has 2 saturated heterocycles. The zero-order valence-electron chi connectivity index (χ0n) is 17.4. The Bertz CT molecular complexity index is 1150.